The van der Waals surface area contributed by atoms with Crippen LogP contribution in [0.25, 0.3) is 10.9 Å². The van der Waals surface area contributed by atoms with Crippen LogP contribution in [-0.4, -0.2) is 20.6 Å². The van der Waals surface area contributed by atoms with Crippen LogP contribution in [0.4, 0.5) is 0 Å². The second kappa shape index (κ2) is 5.43. The Morgan fingerprint density at radius 1 is 1.25 bits per heavy atom. The van der Waals surface area contributed by atoms with Crippen LogP contribution in [0.15, 0.2) is 49.1 Å². The lowest BCUT2D eigenvalue weighted by Crippen LogP contribution is -2.17. The van der Waals surface area contributed by atoms with Crippen molar-refractivity contribution in [3.05, 3.63) is 60.3 Å². The van der Waals surface area contributed by atoms with Gasteiger partial charge in [0, 0.05) is 36.8 Å². The molecule has 2 N–H and O–H groups in total. The summed E-state index contributed by atoms with van der Waals surface area (Å²) in [7, 11) is 0. The predicted octanol–water partition coefficient (Wildman–Crippen LogP) is 2.37. The molecule has 3 rings (SSSR count). The molecule has 0 aliphatic heterocycles. The molecule has 2 aromatic heterocycles. The number of benzene rings is 1. The Balaban J connectivity index is 1.80. The lowest BCUT2D eigenvalue weighted by atomic mass is 10.1. The maximum atomic E-state index is 5.79. The highest BCUT2D eigenvalue weighted by molar-refractivity contribution is 5.78. The normalized spacial score (nSPS) is 12.7. The van der Waals surface area contributed by atoms with E-state index in [4.69, 9.17) is 5.73 Å². The third kappa shape index (κ3) is 2.86. The van der Waals surface area contributed by atoms with E-state index < -0.39 is 0 Å². The minimum absolute atomic E-state index is 0.144. The summed E-state index contributed by atoms with van der Waals surface area (Å²) in [6.45, 7) is 2.81. The monoisotopic (exact) mass is 266 g/mol. The first-order valence-corrected chi connectivity index (χ1v) is 6.80. The molecule has 1 unspecified atom stereocenters. The van der Waals surface area contributed by atoms with Gasteiger partial charge in [-0.2, -0.15) is 0 Å². The number of hydrogen-bond acceptors (Lipinski definition) is 3. The average Bonchev–Trinajstić information content (AvgIpc) is 2.85. The van der Waals surface area contributed by atoms with Gasteiger partial charge in [0.25, 0.3) is 0 Å². The number of nitrogens with two attached hydrogens (primary N) is 1. The van der Waals surface area contributed by atoms with E-state index in [2.05, 4.69) is 45.0 Å². The molecule has 1 aromatic carbocycles. The fourth-order valence-electron chi connectivity index (χ4n) is 2.36. The zero-order valence-electron chi connectivity index (χ0n) is 11.5. The van der Waals surface area contributed by atoms with E-state index in [1.54, 1.807) is 0 Å². The Bertz CT molecular complexity index is 715. The Kier molecular flexibility index (Phi) is 3.48. The molecule has 102 valence electrons. The molecule has 0 radical (unpaired) electrons. The number of hydrogen-bond donors (Lipinski definition) is 1. The Labute approximate surface area is 118 Å². The molecule has 0 spiro atoms. The number of nitrogens with zero attached hydrogens (tertiary/aromatic N) is 3. The van der Waals surface area contributed by atoms with Gasteiger partial charge in [-0.3, -0.25) is 4.98 Å². The third-order valence-electron chi connectivity index (χ3n) is 3.25. The summed E-state index contributed by atoms with van der Waals surface area (Å²) in [5.74, 6) is 0. The summed E-state index contributed by atoms with van der Waals surface area (Å²) in [5, 5.41) is 1.17. The molecular formula is C16H18N4. The van der Waals surface area contributed by atoms with Gasteiger partial charge in [0.2, 0.25) is 0 Å². The summed E-state index contributed by atoms with van der Waals surface area (Å²) in [6, 6.07) is 10.5. The number of aromatic nitrogens is 3. The molecule has 0 saturated carbocycles. The highest BCUT2D eigenvalue weighted by atomic mass is 15.0. The van der Waals surface area contributed by atoms with Crippen LogP contribution in [0.1, 0.15) is 18.2 Å². The summed E-state index contributed by atoms with van der Waals surface area (Å²) < 4.78 is 2.09. The fraction of sp³-hybridized carbons (Fsp3) is 0.250. The maximum absolute atomic E-state index is 5.79. The summed E-state index contributed by atoms with van der Waals surface area (Å²) in [5.41, 5.74) is 9.11. The van der Waals surface area contributed by atoms with Gasteiger partial charge in [0.05, 0.1) is 17.5 Å². The van der Waals surface area contributed by atoms with Gasteiger partial charge in [-0.25, -0.2) is 4.98 Å². The topological polar surface area (TPSA) is 56.7 Å². The Hall–Kier alpha value is -2.20. The molecular weight excluding hydrogens is 248 g/mol. The minimum atomic E-state index is 0.144. The smallest absolute Gasteiger partial charge is 0.0952 e. The zero-order valence-corrected chi connectivity index (χ0v) is 11.5. The van der Waals surface area contributed by atoms with E-state index in [0.717, 1.165) is 24.2 Å². The Morgan fingerprint density at radius 3 is 3.00 bits per heavy atom. The molecule has 3 aromatic rings. The molecule has 0 bridgehead atoms. The van der Waals surface area contributed by atoms with Crippen molar-refractivity contribution in [2.75, 3.05) is 0 Å². The number of imidazole rings is 1. The maximum Gasteiger partial charge on any atom is 0.0952 e. The zero-order chi connectivity index (χ0) is 13.9. The molecule has 0 fully saturated rings. The average molecular weight is 266 g/mol. The minimum Gasteiger partial charge on any atom is -0.333 e. The second-order valence-corrected chi connectivity index (χ2v) is 5.25. The first kappa shape index (κ1) is 12.8. The van der Waals surface area contributed by atoms with Crippen molar-refractivity contribution in [2.45, 2.75) is 25.9 Å². The predicted molar refractivity (Wildman–Crippen MR) is 80.4 cm³/mol. The van der Waals surface area contributed by atoms with Gasteiger partial charge in [-0.15, -0.1) is 0 Å². The van der Waals surface area contributed by atoms with E-state index >= 15 is 0 Å². The van der Waals surface area contributed by atoms with Gasteiger partial charge >= 0.3 is 0 Å². The highest BCUT2D eigenvalue weighted by Gasteiger charge is 2.03. The van der Waals surface area contributed by atoms with E-state index in [1.165, 1.54) is 10.9 Å². The lowest BCUT2D eigenvalue weighted by molar-refractivity contribution is 0.723. The van der Waals surface area contributed by atoms with Gasteiger partial charge in [-0.05, 0) is 30.7 Å². The van der Waals surface area contributed by atoms with E-state index in [1.807, 2.05) is 25.5 Å². The molecule has 0 saturated heterocycles. The molecule has 0 aliphatic rings. The number of pyridine rings is 1. The molecule has 0 amide bonds. The summed E-state index contributed by atoms with van der Waals surface area (Å²) in [4.78, 5) is 8.72. The fourth-order valence-corrected chi connectivity index (χ4v) is 2.36. The van der Waals surface area contributed by atoms with Crippen molar-refractivity contribution in [1.29, 1.82) is 0 Å². The van der Waals surface area contributed by atoms with Crippen LogP contribution in [0, 0.1) is 0 Å². The third-order valence-corrected chi connectivity index (χ3v) is 3.25. The van der Waals surface area contributed by atoms with Crippen molar-refractivity contribution in [3.63, 3.8) is 0 Å². The van der Waals surface area contributed by atoms with E-state index in [9.17, 15) is 0 Å². The van der Waals surface area contributed by atoms with Gasteiger partial charge < -0.3 is 10.3 Å². The van der Waals surface area contributed by atoms with Gasteiger partial charge in [0.1, 0.15) is 0 Å². The van der Waals surface area contributed by atoms with Crippen molar-refractivity contribution in [1.82, 2.24) is 14.5 Å². The lowest BCUT2D eigenvalue weighted by Gasteiger charge is -2.04. The second-order valence-electron chi connectivity index (χ2n) is 5.25. The van der Waals surface area contributed by atoms with Crippen molar-refractivity contribution in [3.8, 4) is 0 Å². The van der Waals surface area contributed by atoms with Crippen LogP contribution in [0.2, 0.25) is 0 Å². The van der Waals surface area contributed by atoms with Crippen molar-refractivity contribution >= 4 is 10.9 Å². The quantitative estimate of drug-likeness (QED) is 0.788. The Morgan fingerprint density at radius 2 is 2.15 bits per heavy atom. The first-order chi connectivity index (χ1) is 9.70. The van der Waals surface area contributed by atoms with Crippen LogP contribution in [-0.2, 0) is 13.0 Å². The largest absolute Gasteiger partial charge is 0.333 e. The van der Waals surface area contributed by atoms with Crippen molar-refractivity contribution in [2.24, 2.45) is 5.73 Å². The molecule has 1 atom stereocenters. The van der Waals surface area contributed by atoms with Crippen molar-refractivity contribution < 1.29 is 0 Å². The summed E-state index contributed by atoms with van der Waals surface area (Å²) >= 11 is 0. The van der Waals surface area contributed by atoms with Crippen LogP contribution in [0.5, 0.6) is 0 Å². The van der Waals surface area contributed by atoms with E-state index in [-0.39, 0.29) is 6.04 Å². The SMILES string of the molecule is CC(N)Cc1cn(Cc2ccc3ncccc3c2)cn1. The van der Waals surface area contributed by atoms with Gasteiger partial charge in [-0.1, -0.05) is 12.1 Å². The molecule has 0 aliphatic carbocycles. The number of rotatable bonds is 4. The molecule has 4 nitrogen and oxygen atoms in total. The highest BCUT2D eigenvalue weighted by Crippen LogP contribution is 2.14. The van der Waals surface area contributed by atoms with Crippen LogP contribution >= 0.6 is 0 Å². The summed E-state index contributed by atoms with van der Waals surface area (Å²) in [6.07, 6.45) is 6.56. The van der Waals surface area contributed by atoms with E-state index in [0.29, 0.717) is 0 Å². The van der Waals surface area contributed by atoms with Crippen LogP contribution in [0.3, 0.4) is 0 Å². The molecule has 2 heterocycles. The van der Waals surface area contributed by atoms with Gasteiger partial charge in [0.15, 0.2) is 0 Å². The molecule has 4 heteroatoms. The first-order valence-electron chi connectivity index (χ1n) is 6.80. The number of fused-ring (bicyclic) bond motifs is 1. The van der Waals surface area contributed by atoms with Crippen LogP contribution < -0.4 is 5.73 Å². The molecule has 20 heavy (non-hydrogen) atoms. The standard InChI is InChI=1S/C16H18N4/c1-12(17)7-15-10-20(11-19-15)9-13-4-5-16-14(8-13)3-2-6-18-16/h2-6,8,10-12H,7,9,17H2,1H3.